The van der Waals surface area contributed by atoms with Gasteiger partial charge in [0.15, 0.2) is 14.6 Å². The third-order valence-electron chi connectivity index (χ3n) is 6.04. The molecule has 0 saturated carbocycles. The van der Waals surface area contributed by atoms with Crippen molar-refractivity contribution in [3.8, 4) is 17.0 Å². The Balaban J connectivity index is 0.00000342. The molecule has 0 spiro atoms. The van der Waals surface area contributed by atoms with Crippen LogP contribution in [0, 0.1) is 0 Å². The number of hydrogen-bond donors (Lipinski definition) is 2. The van der Waals surface area contributed by atoms with Gasteiger partial charge in [-0.3, -0.25) is 20.0 Å². The zero-order valence-electron chi connectivity index (χ0n) is 19.0. The Labute approximate surface area is 209 Å². The monoisotopic (exact) mass is 519 g/mol. The average molecular weight is 520 g/mol. The lowest BCUT2D eigenvalue weighted by Gasteiger charge is -2.34. The lowest BCUT2D eigenvalue weighted by atomic mass is 9.98. The van der Waals surface area contributed by atoms with Crippen molar-refractivity contribution in [3.63, 3.8) is 0 Å². The zero-order valence-corrected chi connectivity index (χ0v) is 20.6. The molecule has 2 aromatic carbocycles. The van der Waals surface area contributed by atoms with E-state index in [9.17, 15) is 13.2 Å². The summed E-state index contributed by atoms with van der Waals surface area (Å²) in [5.74, 6) is -0.159. The second-order valence-corrected chi connectivity index (χ2v) is 10.3. The third kappa shape index (κ3) is 5.30. The number of hydroxylamine groups is 1. The molecule has 4 rings (SSSR count). The van der Waals surface area contributed by atoms with Crippen molar-refractivity contribution in [1.29, 1.82) is 0 Å². The Kier molecular flexibility index (Phi) is 8.44. The molecule has 9 nitrogen and oxygen atoms in total. The molecule has 0 aliphatic carbocycles. The summed E-state index contributed by atoms with van der Waals surface area (Å²) in [6, 6.07) is 13.9. The number of nitrogens with zero attached hydrogens (tertiary/aromatic N) is 2. The maximum atomic E-state index is 13.4. The van der Waals surface area contributed by atoms with Crippen molar-refractivity contribution in [2.24, 2.45) is 0 Å². The van der Waals surface area contributed by atoms with E-state index in [1.165, 1.54) is 17.6 Å². The summed E-state index contributed by atoms with van der Waals surface area (Å²) in [4.78, 5) is 21.3. The molecule has 0 bridgehead atoms. The van der Waals surface area contributed by atoms with Crippen molar-refractivity contribution in [2.45, 2.75) is 28.9 Å². The lowest BCUT2D eigenvalue weighted by Crippen LogP contribution is -2.54. The van der Waals surface area contributed by atoms with Gasteiger partial charge in [0.25, 0.3) is 5.91 Å². The Bertz CT molecular complexity index is 1240. The highest BCUT2D eigenvalue weighted by Gasteiger charge is 2.52. The van der Waals surface area contributed by atoms with Gasteiger partial charge in [0.2, 0.25) is 0 Å². The van der Waals surface area contributed by atoms with Crippen molar-refractivity contribution in [1.82, 2.24) is 15.4 Å². The molecule has 186 valence electrons. The largest absolute Gasteiger partial charge is 0.497 e. The number of carbonyl (C=O) groups excluding carboxylic acids is 1. The van der Waals surface area contributed by atoms with E-state index in [0.29, 0.717) is 17.7 Å². The first kappa shape index (κ1) is 26.6. The first-order valence-corrected chi connectivity index (χ1v) is 12.2. The van der Waals surface area contributed by atoms with E-state index in [4.69, 9.17) is 14.7 Å². The molecule has 1 saturated heterocycles. The van der Waals surface area contributed by atoms with Crippen molar-refractivity contribution in [2.75, 3.05) is 20.3 Å². The highest BCUT2D eigenvalue weighted by Crippen LogP contribution is 2.35. The summed E-state index contributed by atoms with van der Waals surface area (Å²) >= 11 is 0. The molecule has 0 atom stereocenters. The minimum atomic E-state index is -4.08. The van der Waals surface area contributed by atoms with Crippen LogP contribution in [-0.4, -0.2) is 54.6 Å². The van der Waals surface area contributed by atoms with Crippen LogP contribution < -0.4 is 10.2 Å². The summed E-state index contributed by atoms with van der Waals surface area (Å²) in [6.45, 7) is 0.229. The zero-order chi connectivity index (χ0) is 24.2. The first-order valence-electron chi connectivity index (χ1n) is 10.7. The van der Waals surface area contributed by atoms with Crippen molar-refractivity contribution >= 4 is 28.2 Å². The Morgan fingerprint density at radius 3 is 2.26 bits per heavy atom. The first-order chi connectivity index (χ1) is 16.4. The molecule has 1 amide bonds. The molecule has 2 heterocycles. The van der Waals surface area contributed by atoms with Crippen LogP contribution in [0.15, 0.2) is 65.8 Å². The highest BCUT2D eigenvalue weighted by atomic mass is 35.5. The number of halogens is 1. The number of aromatic nitrogens is 2. The van der Waals surface area contributed by atoms with E-state index in [1.807, 2.05) is 24.3 Å². The number of hydrogen-bond acceptors (Lipinski definition) is 8. The molecule has 3 aromatic rings. The predicted octanol–water partition coefficient (Wildman–Crippen LogP) is 2.99. The molecular formula is C24H26ClN3O6S. The van der Waals surface area contributed by atoms with Crippen LogP contribution in [0.3, 0.4) is 0 Å². The molecule has 0 radical (unpaired) electrons. The summed E-state index contributed by atoms with van der Waals surface area (Å²) < 4.78 is 35.3. The Morgan fingerprint density at radius 1 is 1.06 bits per heavy atom. The summed E-state index contributed by atoms with van der Waals surface area (Å²) in [6.07, 6.45) is 3.87. The molecule has 11 heteroatoms. The Hall–Kier alpha value is -3.05. The normalized spacial score (nSPS) is 15.0. The fraction of sp³-hybridized carbons (Fsp3) is 0.292. The van der Waals surface area contributed by atoms with E-state index in [0.717, 1.165) is 17.0 Å². The van der Waals surface area contributed by atoms with Gasteiger partial charge in [-0.05, 0) is 42.7 Å². The highest BCUT2D eigenvalue weighted by molar-refractivity contribution is 7.93. The van der Waals surface area contributed by atoms with Gasteiger partial charge in [0.1, 0.15) is 5.75 Å². The molecule has 1 aliphatic rings. The van der Waals surface area contributed by atoms with E-state index in [2.05, 4.69) is 9.97 Å². The van der Waals surface area contributed by atoms with Crippen molar-refractivity contribution in [3.05, 3.63) is 72.2 Å². The van der Waals surface area contributed by atoms with Crippen LogP contribution in [0.5, 0.6) is 5.75 Å². The number of amides is 1. The summed E-state index contributed by atoms with van der Waals surface area (Å²) in [7, 11) is -2.46. The molecular weight excluding hydrogens is 494 g/mol. The minimum absolute atomic E-state index is 0. The number of sulfone groups is 1. The van der Waals surface area contributed by atoms with Gasteiger partial charge in [0, 0.05) is 31.4 Å². The third-order valence-corrected chi connectivity index (χ3v) is 8.56. The van der Waals surface area contributed by atoms with Gasteiger partial charge in [-0.25, -0.2) is 13.9 Å². The summed E-state index contributed by atoms with van der Waals surface area (Å²) in [5.41, 5.74) is 4.67. The smallest absolute Gasteiger partial charge is 0.265 e. The second-order valence-electron chi connectivity index (χ2n) is 7.99. The summed E-state index contributed by atoms with van der Waals surface area (Å²) in [5, 5.41) is 9.17. The van der Waals surface area contributed by atoms with Crippen LogP contribution in [0.2, 0.25) is 0 Å². The number of rotatable bonds is 7. The van der Waals surface area contributed by atoms with Crippen LogP contribution in [0.25, 0.3) is 11.3 Å². The van der Waals surface area contributed by atoms with Gasteiger partial charge in [-0.2, -0.15) is 0 Å². The van der Waals surface area contributed by atoms with Gasteiger partial charge < -0.3 is 9.47 Å². The van der Waals surface area contributed by atoms with Gasteiger partial charge in [-0.1, -0.05) is 24.3 Å². The SMILES string of the molecule is COc1ccc(Cc2cnc(-c3ccc(S(=O)(=O)C4(C(=O)NO)CCOCC4)cc3)cn2)cc1.Cl. The Morgan fingerprint density at radius 2 is 1.71 bits per heavy atom. The molecule has 2 N–H and O–H groups in total. The number of methoxy groups -OCH3 is 1. The number of carbonyl (C=O) groups is 1. The van der Waals surface area contributed by atoms with Gasteiger partial charge >= 0.3 is 0 Å². The molecule has 1 aliphatic heterocycles. The standard InChI is InChI=1S/C24H25N3O6S.ClH/c1-32-20-6-2-17(3-7-20)14-19-15-26-22(16-25-19)18-4-8-21(9-5-18)34(30,31)24(23(28)27-29)10-12-33-13-11-24;/h2-9,15-16,29H,10-14H2,1H3,(H,27,28);1H. The van der Waals surface area contributed by atoms with Gasteiger partial charge in [0.05, 0.1) is 29.6 Å². The maximum Gasteiger partial charge on any atom is 0.265 e. The molecule has 1 aromatic heterocycles. The quantitative estimate of drug-likeness (QED) is 0.360. The maximum absolute atomic E-state index is 13.4. The fourth-order valence-corrected chi connectivity index (χ4v) is 5.94. The van der Waals surface area contributed by atoms with Crippen molar-refractivity contribution < 1.29 is 27.9 Å². The van der Waals surface area contributed by atoms with Crippen LogP contribution in [0.4, 0.5) is 0 Å². The van der Waals surface area contributed by atoms with Crippen LogP contribution >= 0.6 is 12.4 Å². The molecule has 0 unspecified atom stereocenters. The lowest BCUT2D eigenvalue weighted by molar-refractivity contribution is -0.134. The average Bonchev–Trinajstić information content (AvgIpc) is 2.89. The minimum Gasteiger partial charge on any atom is -0.497 e. The topological polar surface area (TPSA) is 128 Å². The molecule has 1 fully saturated rings. The van der Waals surface area contributed by atoms with E-state index in [1.54, 1.807) is 31.6 Å². The number of benzene rings is 2. The second kappa shape index (κ2) is 11.1. The van der Waals surface area contributed by atoms with Crippen LogP contribution in [0.1, 0.15) is 24.1 Å². The van der Waals surface area contributed by atoms with E-state index in [-0.39, 0.29) is 43.4 Å². The number of nitrogens with one attached hydrogen (secondary N) is 1. The van der Waals surface area contributed by atoms with E-state index < -0.39 is 20.5 Å². The fourth-order valence-electron chi connectivity index (χ4n) is 4.00. The van der Waals surface area contributed by atoms with Crippen LogP contribution in [-0.2, 0) is 25.8 Å². The number of ether oxygens (including phenoxy) is 2. The predicted molar refractivity (Wildman–Crippen MR) is 130 cm³/mol. The molecule has 35 heavy (non-hydrogen) atoms. The van der Waals surface area contributed by atoms with Gasteiger partial charge in [-0.15, -0.1) is 12.4 Å². The van der Waals surface area contributed by atoms with E-state index >= 15 is 0 Å².